The Balaban J connectivity index is 1.92. The summed E-state index contributed by atoms with van der Waals surface area (Å²) in [6.45, 7) is 6.11. The first-order chi connectivity index (χ1) is 11.5. The molecule has 2 aromatic heterocycles. The molecule has 24 heavy (non-hydrogen) atoms. The van der Waals surface area contributed by atoms with Gasteiger partial charge in [-0.2, -0.15) is 5.10 Å². The molecule has 126 valence electrons. The van der Waals surface area contributed by atoms with E-state index in [1.165, 1.54) is 0 Å². The molecule has 3 aromatic rings. The summed E-state index contributed by atoms with van der Waals surface area (Å²) in [7, 11) is 1.78. The second-order valence-corrected chi connectivity index (χ2v) is 6.27. The maximum absolute atomic E-state index is 12.7. The van der Waals surface area contributed by atoms with Crippen LogP contribution in [0, 0.1) is 12.8 Å². The van der Waals surface area contributed by atoms with E-state index in [1.54, 1.807) is 17.8 Å². The predicted octanol–water partition coefficient (Wildman–Crippen LogP) is 3.12. The Hall–Kier alpha value is -2.63. The molecule has 1 aromatic carbocycles. The quantitative estimate of drug-likeness (QED) is 0.757. The molecule has 0 saturated carbocycles. The van der Waals surface area contributed by atoms with Crippen molar-refractivity contribution in [1.29, 1.82) is 0 Å². The number of para-hydroxylation sites is 2. The van der Waals surface area contributed by atoms with Crippen LogP contribution in [0.15, 0.2) is 30.3 Å². The standard InChI is InChI=1S/C18H23N5O/c1-5-11(2)16(17-19-13-8-6-7-9-14(13)20-17)21-18(24)15-10-12(3)22-23(15)4/h6-11,16H,5H2,1-4H3,(H,19,20)(H,21,24). The van der Waals surface area contributed by atoms with Crippen LogP contribution in [-0.4, -0.2) is 25.7 Å². The van der Waals surface area contributed by atoms with E-state index in [0.29, 0.717) is 5.69 Å². The second kappa shape index (κ2) is 6.47. The molecule has 0 aliphatic heterocycles. The first-order valence-electron chi connectivity index (χ1n) is 8.25. The molecule has 0 aliphatic carbocycles. The molecule has 0 radical (unpaired) electrons. The highest BCUT2D eigenvalue weighted by Crippen LogP contribution is 2.25. The third-order valence-electron chi connectivity index (χ3n) is 4.44. The molecule has 3 rings (SSSR count). The molecule has 2 heterocycles. The van der Waals surface area contributed by atoms with E-state index in [-0.39, 0.29) is 17.9 Å². The largest absolute Gasteiger partial charge is 0.340 e. The lowest BCUT2D eigenvalue weighted by molar-refractivity contribution is 0.0911. The number of hydrogen-bond donors (Lipinski definition) is 2. The molecule has 0 fully saturated rings. The van der Waals surface area contributed by atoms with Crippen LogP contribution in [0.5, 0.6) is 0 Å². The Morgan fingerprint density at radius 2 is 2.12 bits per heavy atom. The Labute approximate surface area is 141 Å². The van der Waals surface area contributed by atoms with Crippen molar-refractivity contribution in [3.63, 3.8) is 0 Å². The number of rotatable bonds is 5. The van der Waals surface area contributed by atoms with Gasteiger partial charge in [-0.1, -0.05) is 32.4 Å². The van der Waals surface area contributed by atoms with Crippen LogP contribution in [0.2, 0.25) is 0 Å². The van der Waals surface area contributed by atoms with Gasteiger partial charge in [0.05, 0.1) is 22.8 Å². The summed E-state index contributed by atoms with van der Waals surface area (Å²) in [5.74, 6) is 0.908. The van der Waals surface area contributed by atoms with Crippen LogP contribution in [0.1, 0.15) is 48.3 Å². The molecule has 1 amide bonds. The number of aromatic nitrogens is 4. The molecule has 2 unspecified atom stereocenters. The van der Waals surface area contributed by atoms with Crippen molar-refractivity contribution in [2.75, 3.05) is 0 Å². The number of carbonyl (C=O) groups excluding carboxylic acids is 1. The number of nitrogens with one attached hydrogen (secondary N) is 2. The molecule has 0 bridgehead atoms. The van der Waals surface area contributed by atoms with Gasteiger partial charge in [0.1, 0.15) is 11.5 Å². The average Bonchev–Trinajstić information content (AvgIpc) is 3.14. The molecule has 0 spiro atoms. The Morgan fingerprint density at radius 3 is 2.75 bits per heavy atom. The van der Waals surface area contributed by atoms with Gasteiger partial charge in [0.2, 0.25) is 0 Å². The van der Waals surface area contributed by atoms with Crippen LogP contribution in [0.4, 0.5) is 0 Å². The van der Waals surface area contributed by atoms with Gasteiger partial charge in [0.15, 0.2) is 0 Å². The van der Waals surface area contributed by atoms with E-state index in [4.69, 9.17) is 0 Å². The molecular formula is C18H23N5O. The number of aryl methyl sites for hydroxylation is 2. The zero-order valence-corrected chi connectivity index (χ0v) is 14.5. The minimum absolute atomic E-state index is 0.135. The maximum Gasteiger partial charge on any atom is 0.270 e. The number of carbonyl (C=O) groups is 1. The minimum atomic E-state index is -0.176. The summed E-state index contributed by atoms with van der Waals surface area (Å²) in [4.78, 5) is 20.7. The molecule has 6 heteroatoms. The lowest BCUT2D eigenvalue weighted by atomic mass is 9.98. The summed E-state index contributed by atoms with van der Waals surface area (Å²) >= 11 is 0. The summed E-state index contributed by atoms with van der Waals surface area (Å²) < 4.78 is 1.61. The van der Waals surface area contributed by atoms with Crippen molar-refractivity contribution in [3.8, 4) is 0 Å². The number of H-pyrrole nitrogens is 1. The summed E-state index contributed by atoms with van der Waals surface area (Å²) in [5.41, 5.74) is 3.27. The fourth-order valence-electron chi connectivity index (χ4n) is 2.87. The van der Waals surface area contributed by atoms with Crippen molar-refractivity contribution in [3.05, 3.63) is 47.5 Å². The maximum atomic E-state index is 12.7. The van der Waals surface area contributed by atoms with Gasteiger partial charge in [-0.15, -0.1) is 0 Å². The number of aromatic amines is 1. The van der Waals surface area contributed by atoms with Gasteiger partial charge in [-0.05, 0) is 31.0 Å². The highest BCUT2D eigenvalue weighted by atomic mass is 16.2. The lowest BCUT2D eigenvalue weighted by Gasteiger charge is -2.22. The Bertz CT molecular complexity index is 830. The van der Waals surface area contributed by atoms with Crippen LogP contribution >= 0.6 is 0 Å². The molecular weight excluding hydrogens is 302 g/mol. The van der Waals surface area contributed by atoms with Gasteiger partial charge in [-0.3, -0.25) is 9.48 Å². The number of benzene rings is 1. The van der Waals surface area contributed by atoms with E-state index >= 15 is 0 Å². The number of hydrogen-bond acceptors (Lipinski definition) is 3. The van der Waals surface area contributed by atoms with Crippen LogP contribution in [0.3, 0.4) is 0 Å². The third kappa shape index (κ3) is 3.04. The number of amides is 1. The van der Waals surface area contributed by atoms with E-state index < -0.39 is 0 Å². The lowest BCUT2D eigenvalue weighted by Crippen LogP contribution is -2.34. The predicted molar refractivity (Wildman–Crippen MR) is 93.7 cm³/mol. The summed E-state index contributed by atoms with van der Waals surface area (Å²) in [5, 5.41) is 7.37. The first-order valence-corrected chi connectivity index (χ1v) is 8.25. The number of nitrogens with zero attached hydrogens (tertiary/aromatic N) is 3. The molecule has 0 saturated heterocycles. The van der Waals surface area contributed by atoms with Gasteiger partial charge in [0, 0.05) is 7.05 Å². The monoisotopic (exact) mass is 325 g/mol. The van der Waals surface area contributed by atoms with E-state index in [2.05, 4.69) is 34.2 Å². The highest BCUT2D eigenvalue weighted by molar-refractivity contribution is 5.93. The third-order valence-corrected chi connectivity index (χ3v) is 4.44. The fraction of sp³-hybridized carbons (Fsp3) is 0.389. The second-order valence-electron chi connectivity index (χ2n) is 6.27. The van der Waals surface area contributed by atoms with Crippen LogP contribution in [0.25, 0.3) is 11.0 Å². The molecule has 0 aliphatic rings. The van der Waals surface area contributed by atoms with Crippen LogP contribution in [-0.2, 0) is 7.05 Å². The summed E-state index contributed by atoms with van der Waals surface area (Å²) in [6.07, 6.45) is 0.937. The van der Waals surface area contributed by atoms with Crippen LogP contribution < -0.4 is 5.32 Å². The van der Waals surface area contributed by atoms with Crippen molar-refractivity contribution in [2.24, 2.45) is 13.0 Å². The fourth-order valence-corrected chi connectivity index (χ4v) is 2.87. The van der Waals surface area contributed by atoms with Crippen molar-refractivity contribution >= 4 is 16.9 Å². The van der Waals surface area contributed by atoms with E-state index in [0.717, 1.165) is 29.0 Å². The Kier molecular flexibility index (Phi) is 4.38. The Morgan fingerprint density at radius 1 is 1.38 bits per heavy atom. The number of imidazole rings is 1. The van der Waals surface area contributed by atoms with Crippen molar-refractivity contribution < 1.29 is 4.79 Å². The van der Waals surface area contributed by atoms with Gasteiger partial charge >= 0.3 is 0 Å². The zero-order chi connectivity index (χ0) is 17.3. The number of fused-ring (bicyclic) bond motifs is 1. The van der Waals surface area contributed by atoms with Gasteiger partial charge < -0.3 is 10.3 Å². The average molecular weight is 325 g/mol. The van der Waals surface area contributed by atoms with E-state index in [9.17, 15) is 4.79 Å². The molecule has 2 N–H and O–H groups in total. The normalized spacial score (nSPS) is 13.8. The smallest absolute Gasteiger partial charge is 0.270 e. The summed E-state index contributed by atoms with van der Waals surface area (Å²) in [6, 6.07) is 9.51. The SMILES string of the molecule is CCC(C)C(NC(=O)c1cc(C)nn1C)c1nc2ccccc2[nH]1. The van der Waals surface area contributed by atoms with E-state index in [1.807, 2.05) is 31.2 Å². The minimum Gasteiger partial charge on any atom is -0.340 e. The molecule has 2 atom stereocenters. The first kappa shape index (κ1) is 16.2. The van der Waals surface area contributed by atoms with Gasteiger partial charge in [0.25, 0.3) is 5.91 Å². The zero-order valence-electron chi connectivity index (χ0n) is 14.5. The molecule has 6 nitrogen and oxygen atoms in total. The topological polar surface area (TPSA) is 75.6 Å². The van der Waals surface area contributed by atoms with Gasteiger partial charge in [-0.25, -0.2) is 4.98 Å². The highest BCUT2D eigenvalue weighted by Gasteiger charge is 2.25. The van der Waals surface area contributed by atoms with Crippen molar-refractivity contribution in [1.82, 2.24) is 25.1 Å². The van der Waals surface area contributed by atoms with Crippen molar-refractivity contribution in [2.45, 2.75) is 33.2 Å².